The van der Waals surface area contributed by atoms with E-state index < -0.39 is 0 Å². The SMILES string of the molecule is CC(C)C[C@H](c1ccccc1)N1CCNCC1.Cl.Cl. The Hall–Kier alpha value is -0.280. The Morgan fingerprint density at radius 3 is 2.16 bits per heavy atom. The summed E-state index contributed by atoms with van der Waals surface area (Å²) in [5.41, 5.74) is 1.48. The van der Waals surface area contributed by atoms with Crippen molar-refractivity contribution in [3.63, 3.8) is 0 Å². The van der Waals surface area contributed by atoms with Crippen LogP contribution in [0.5, 0.6) is 0 Å². The molecule has 1 aliphatic heterocycles. The van der Waals surface area contributed by atoms with Crippen molar-refractivity contribution in [1.82, 2.24) is 10.2 Å². The first-order chi connectivity index (χ1) is 8.27. The zero-order chi connectivity index (χ0) is 12.1. The van der Waals surface area contributed by atoms with Crippen LogP contribution in [0.1, 0.15) is 31.9 Å². The van der Waals surface area contributed by atoms with Gasteiger partial charge in [0, 0.05) is 32.2 Å². The number of hydrogen-bond donors (Lipinski definition) is 1. The maximum atomic E-state index is 3.43. The Labute approximate surface area is 129 Å². The number of nitrogens with one attached hydrogen (secondary N) is 1. The van der Waals surface area contributed by atoms with E-state index >= 15 is 0 Å². The van der Waals surface area contributed by atoms with E-state index in [1.807, 2.05) is 0 Å². The molecule has 0 bridgehead atoms. The van der Waals surface area contributed by atoms with E-state index in [1.165, 1.54) is 25.1 Å². The maximum absolute atomic E-state index is 3.43. The van der Waals surface area contributed by atoms with Crippen molar-refractivity contribution in [2.75, 3.05) is 26.2 Å². The van der Waals surface area contributed by atoms with E-state index in [4.69, 9.17) is 0 Å². The summed E-state index contributed by atoms with van der Waals surface area (Å²) in [6, 6.07) is 11.6. The number of benzene rings is 1. The minimum Gasteiger partial charge on any atom is -0.314 e. The van der Waals surface area contributed by atoms with Crippen molar-refractivity contribution in [1.29, 1.82) is 0 Å². The third kappa shape index (κ3) is 5.70. The highest BCUT2D eigenvalue weighted by Crippen LogP contribution is 2.27. The van der Waals surface area contributed by atoms with E-state index in [2.05, 4.69) is 54.4 Å². The molecule has 1 atom stereocenters. The summed E-state index contributed by atoms with van der Waals surface area (Å²) in [5.74, 6) is 0.745. The molecular weight excluding hydrogens is 279 g/mol. The Bertz CT molecular complexity index is 324. The van der Waals surface area contributed by atoms with Gasteiger partial charge in [0.15, 0.2) is 0 Å². The average Bonchev–Trinajstić information content (AvgIpc) is 2.38. The molecule has 110 valence electrons. The van der Waals surface area contributed by atoms with Gasteiger partial charge in [-0.15, -0.1) is 24.8 Å². The Morgan fingerprint density at radius 1 is 1.05 bits per heavy atom. The van der Waals surface area contributed by atoms with Crippen LogP contribution in [0.15, 0.2) is 30.3 Å². The molecule has 0 saturated carbocycles. The predicted octanol–water partition coefficient (Wildman–Crippen LogP) is 3.52. The molecule has 19 heavy (non-hydrogen) atoms. The van der Waals surface area contributed by atoms with Crippen LogP contribution in [0.2, 0.25) is 0 Å². The fourth-order valence-electron chi connectivity index (χ4n) is 2.61. The van der Waals surface area contributed by atoms with Gasteiger partial charge in [-0.1, -0.05) is 44.2 Å². The number of nitrogens with zero attached hydrogens (tertiary/aromatic N) is 1. The molecular formula is C15H26Cl2N2. The van der Waals surface area contributed by atoms with E-state index in [-0.39, 0.29) is 24.8 Å². The van der Waals surface area contributed by atoms with Gasteiger partial charge in [0.1, 0.15) is 0 Å². The molecule has 0 amide bonds. The van der Waals surface area contributed by atoms with Crippen molar-refractivity contribution in [3.05, 3.63) is 35.9 Å². The molecule has 2 nitrogen and oxygen atoms in total. The summed E-state index contributed by atoms with van der Waals surface area (Å²) in [5, 5.41) is 3.43. The van der Waals surface area contributed by atoms with Crippen LogP contribution in [0.25, 0.3) is 0 Å². The molecule has 1 aromatic carbocycles. The van der Waals surface area contributed by atoms with Crippen molar-refractivity contribution in [3.8, 4) is 0 Å². The third-order valence-electron chi connectivity index (χ3n) is 3.47. The summed E-state index contributed by atoms with van der Waals surface area (Å²) < 4.78 is 0. The van der Waals surface area contributed by atoms with E-state index in [9.17, 15) is 0 Å². The highest BCUT2D eigenvalue weighted by atomic mass is 35.5. The highest BCUT2D eigenvalue weighted by Gasteiger charge is 2.22. The summed E-state index contributed by atoms with van der Waals surface area (Å²) in [6.07, 6.45) is 1.25. The zero-order valence-electron chi connectivity index (χ0n) is 11.8. The molecule has 1 aromatic rings. The van der Waals surface area contributed by atoms with Crippen molar-refractivity contribution in [2.45, 2.75) is 26.3 Å². The maximum Gasteiger partial charge on any atom is 0.0351 e. The van der Waals surface area contributed by atoms with E-state index in [1.54, 1.807) is 0 Å². The molecule has 0 radical (unpaired) electrons. The molecule has 0 unspecified atom stereocenters. The summed E-state index contributed by atoms with van der Waals surface area (Å²) >= 11 is 0. The lowest BCUT2D eigenvalue weighted by Gasteiger charge is -2.36. The fraction of sp³-hybridized carbons (Fsp3) is 0.600. The number of piperazine rings is 1. The van der Waals surface area contributed by atoms with Gasteiger partial charge in [0.2, 0.25) is 0 Å². The first-order valence-electron chi connectivity index (χ1n) is 6.77. The fourth-order valence-corrected chi connectivity index (χ4v) is 2.61. The molecule has 1 heterocycles. The van der Waals surface area contributed by atoms with Gasteiger partial charge >= 0.3 is 0 Å². The second-order valence-corrected chi connectivity index (χ2v) is 5.34. The summed E-state index contributed by atoms with van der Waals surface area (Å²) in [7, 11) is 0. The molecule has 0 aliphatic carbocycles. The van der Waals surface area contributed by atoms with Crippen LogP contribution in [0.3, 0.4) is 0 Å². The lowest BCUT2D eigenvalue weighted by molar-refractivity contribution is 0.154. The van der Waals surface area contributed by atoms with Crippen LogP contribution in [-0.4, -0.2) is 31.1 Å². The Morgan fingerprint density at radius 2 is 1.63 bits per heavy atom. The van der Waals surface area contributed by atoms with Gasteiger partial charge in [0.05, 0.1) is 0 Å². The van der Waals surface area contributed by atoms with Gasteiger partial charge in [-0.05, 0) is 17.9 Å². The minimum atomic E-state index is 0. The molecule has 1 N–H and O–H groups in total. The quantitative estimate of drug-likeness (QED) is 0.915. The lowest BCUT2D eigenvalue weighted by atomic mass is 9.95. The van der Waals surface area contributed by atoms with Crippen molar-refractivity contribution < 1.29 is 0 Å². The molecule has 4 heteroatoms. The van der Waals surface area contributed by atoms with Crippen LogP contribution >= 0.6 is 24.8 Å². The normalized spacial score (nSPS) is 17.4. The number of halogens is 2. The van der Waals surface area contributed by atoms with Gasteiger partial charge in [-0.2, -0.15) is 0 Å². The van der Waals surface area contributed by atoms with E-state index in [0.29, 0.717) is 6.04 Å². The van der Waals surface area contributed by atoms with Crippen LogP contribution in [-0.2, 0) is 0 Å². The topological polar surface area (TPSA) is 15.3 Å². The monoisotopic (exact) mass is 304 g/mol. The minimum absolute atomic E-state index is 0. The second-order valence-electron chi connectivity index (χ2n) is 5.34. The van der Waals surface area contributed by atoms with Gasteiger partial charge in [0.25, 0.3) is 0 Å². The molecule has 1 saturated heterocycles. The smallest absolute Gasteiger partial charge is 0.0351 e. The largest absolute Gasteiger partial charge is 0.314 e. The van der Waals surface area contributed by atoms with Crippen molar-refractivity contribution >= 4 is 24.8 Å². The highest BCUT2D eigenvalue weighted by molar-refractivity contribution is 5.85. The number of rotatable bonds is 4. The predicted molar refractivity (Wildman–Crippen MR) is 87.6 cm³/mol. The first-order valence-corrected chi connectivity index (χ1v) is 6.77. The van der Waals surface area contributed by atoms with Crippen LogP contribution in [0.4, 0.5) is 0 Å². The average molecular weight is 305 g/mol. The standard InChI is InChI=1S/C15H24N2.2ClH/c1-13(2)12-15(14-6-4-3-5-7-14)17-10-8-16-9-11-17;;/h3-7,13,15-16H,8-12H2,1-2H3;2*1H/t15-;;/m1../s1. The molecule has 1 aliphatic rings. The van der Waals surface area contributed by atoms with Crippen LogP contribution in [0, 0.1) is 5.92 Å². The summed E-state index contributed by atoms with van der Waals surface area (Å²) in [4.78, 5) is 2.63. The third-order valence-corrected chi connectivity index (χ3v) is 3.47. The molecule has 1 fully saturated rings. The second kappa shape index (κ2) is 9.60. The first kappa shape index (κ1) is 18.7. The lowest BCUT2D eigenvalue weighted by Crippen LogP contribution is -2.45. The Kier molecular flexibility index (Phi) is 9.46. The van der Waals surface area contributed by atoms with Gasteiger partial charge in [-0.25, -0.2) is 0 Å². The molecule has 2 rings (SSSR count). The molecule has 0 spiro atoms. The van der Waals surface area contributed by atoms with E-state index in [0.717, 1.165) is 19.0 Å². The number of hydrogen-bond acceptors (Lipinski definition) is 2. The summed E-state index contributed by atoms with van der Waals surface area (Å²) in [6.45, 7) is 9.23. The molecule has 0 aromatic heterocycles. The van der Waals surface area contributed by atoms with Crippen molar-refractivity contribution in [2.24, 2.45) is 5.92 Å². The van der Waals surface area contributed by atoms with Gasteiger partial charge in [-0.3, -0.25) is 4.90 Å². The van der Waals surface area contributed by atoms with Gasteiger partial charge < -0.3 is 5.32 Å². The Balaban J connectivity index is 0.00000162. The zero-order valence-corrected chi connectivity index (χ0v) is 13.5. The van der Waals surface area contributed by atoms with Crippen LogP contribution < -0.4 is 5.32 Å².